The van der Waals surface area contributed by atoms with Crippen LogP contribution in [-0.2, 0) is 21.6 Å². The maximum atomic E-state index is 13.6. The van der Waals surface area contributed by atoms with Crippen LogP contribution < -0.4 is 10.1 Å². The smallest absolute Gasteiger partial charge is 0.327 e. The van der Waals surface area contributed by atoms with E-state index in [4.69, 9.17) is 9.47 Å². The summed E-state index contributed by atoms with van der Waals surface area (Å²) in [6.07, 6.45) is 1.58. The second kappa shape index (κ2) is 8.63. The van der Waals surface area contributed by atoms with Crippen molar-refractivity contribution >= 4 is 25.9 Å². The second-order valence-electron chi connectivity index (χ2n) is 9.56. The van der Waals surface area contributed by atoms with Gasteiger partial charge in [0.05, 0.1) is 19.3 Å². The van der Waals surface area contributed by atoms with Crippen LogP contribution in [0.4, 0.5) is 4.79 Å². The number of hydrogen-bond donors (Lipinski definition) is 2. The number of hydrogen-bond acceptors (Lipinski definition) is 6. The molecule has 0 bridgehead atoms. The van der Waals surface area contributed by atoms with Crippen LogP contribution in [-0.4, -0.2) is 72.9 Å². The number of nitrogens with one attached hydrogen (secondary N) is 2. The maximum absolute atomic E-state index is 13.6. The zero-order valence-corrected chi connectivity index (χ0v) is 20.3. The SMILES string of the molecule is COc1ccc2c(c1)C(=O)N(C[C@@]1(c3cc[nH]n3)NC(=O)N(COCC[Si](C)(C)C)C1=O)C2. The van der Waals surface area contributed by atoms with Crippen molar-refractivity contribution in [3.05, 3.63) is 47.3 Å². The van der Waals surface area contributed by atoms with Crippen LogP contribution in [0.3, 0.4) is 0 Å². The van der Waals surface area contributed by atoms with Crippen LogP contribution in [0.5, 0.6) is 5.75 Å². The predicted molar refractivity (Wildman–Crippen MR) is 122 cm³/mol. The van der Waals surface area contributed by atoms with E-state index in [0.717, 1.165) is 16.5 Å². The molecule has 0 unspecified atom stereocenters. The molecule has 0 radical (unpaired) electrons. The van der Waals surface area contributed by atoms with Gasteiger partial charge >= 0.3 is 6.03 Å². The molecule has 1 aromatic carbocycles. The first-order valence-corrected chi connectivity index (χ1v) is 14.5. The molecular formula is C22H29N5O5Si. The summed E-state index contributed by atoms with van der Waals surface area (Å²) in [5, 5.41) is 9.67. The van der Waals surface area contributed by atoms with Gasteiger partial charge in [0.25, 0.3) is 11.8 Å². The Morgan fingerprint density at radius 3 is 2.64 bits per heavy atom. The Kier molecular flexibility index (Phi) is 6.02. The number of ether oxygens (including phenoxy) is 2. The molecule has 0 saturated carbocycles. The Hall–Kier alpha value is -3.18. The lowest BCUT2D eigenvalue weighted by Gasteiger charge is -2.29. The van der Waals surface area contributed by atoms with Crippen LogP contribution in [0.25, 0.3) is 0 Å². The minimum Gasteiger partial charge on any atom is -0.497 e. The van der Waals surface area contributed by atoms with Crippen LogP contribution in [0.15, 0.2) is 30.5 Å². The van der Waals surface area contributed by atoms with E-state index < -0.39 is 25.6 Å². The number of methoxy groups -OCH3 is 1. The van der Waals surface area contributed by atoms with Crippen LogP contribution in [0.1, 0.15) is 21.6 Å². The largest absolute Gasteiger partial charge is 0.497 e. The summed E-state index contributed by atoms with van der Waals surface area (Å²) < 4.78 is 10.9. The van der Waals surface area contributed by atoms with Gasteiger partial charge in [0.2, 0.25) is 0 Å². The fraction of sp³-hybridized carbons (Fsp3) is 0.455. The molecular weight excluding hydrogens is 442 g/mol. The highest BCUT2D eigenvalue weighted by Crippen LogP contribution is 2.33. The zero-order chi connectivity index (χ0) is 23.8. The Balaban J connectivity index is 1.55. The first-order chi connectivity index (χ1) is 15.6. The molecule has 2 aliphatic rings. The molecule has 4 rings (SSSR count). The summed E-state index contributed by atoms with van der Waals surface area (Å²) >= 11 is 0. The lowest BCUT2D eigenvalue weighted by molar-refractivity contribution is -0.135. The average molecular weight is 472 g/mol. The van der Waals surface area contributed by atoms with Crippen LogP contribution >= 0.6 is 0 Å². The lowest BCUT2D eigenvalue weighted by atomic mass is 9.94. The highest BCUT2D eigenvalue weighted by atomic mass is 28.3. The molecule has 4 amide bonds. The Labute approximate surface area is 193 Å². The molecule has 0 aliphatic carbocycles. The van der Waals surface area contributed by atoms with E-state index in [-0.39, 0.29) is 19.2 Å². The molecule has 2 aromatic rings. The number of carbonyl (C=O) groups is 3. The van der Waals surface area contributed by atoms with E-state index >= 15 is 0 Å². The highest BCUT2D eigenvalue weighted by Gasteiger charge is 2.56. The number of aromatic nitrogens is 2. The van der Waals surface area contributed by atoms with Crippen molar-refractivity contribution in [2.24, 2.45) is 0 Å². The van der Waals surface area contributed by atoms with E-state index in [1.807, 2.05) is 6.07 Å². The third kappa shape index (κ3) is 4.38. The summed E-state index contributed by atoms with van der Waals surface area (Å²) in [4.78, 5) is 42.1. The van der Waals surface area contributed by atoms with Crippen molar-refractivity contribution in [3.8, 4) is 5.75 Å². The molecule has 2 N–H and O–H groups in total. The summed E-state index contributed by atoms with van der Waals surface area (Å²) in [6.45, 7) is 7.29. The van der Waals surface area contributed by atoms with Crippen molar-refractivity contribution in [2.75, 3.05) is 27.0 Å². The van der Waals surface area contributed by atoms with Crippen molar-refractivity contribution < 1.29 is 23.9 Å². The van der Waals surface area contributed by atoms with Crippen molar-refractivity contribution in [1.29, 1.82) is 0 Å². The minimum absolute atomic E-state index is 0.0519. The molecule has 3 heterocycles. The fourth-order valence-corrected chi connectivity index (χ4v) is 4.78. The maximum Gasteiger partial charge on any atom is 0.327 e. The minimum atomic E-state index is -1.50. The van der Waals surface area contributed by atoms with Crippen molar-refractivity contribution in [2.45, 2.75) is 37.8 Å². The van der Waals surface area contributed by atoms with Gasteiger partial charge in [-0.2, -0.15) is 5.10 Å². The van der Waals surface area contributed by atoms with E-state index in [1.54, 1.807) is 36.4 Å². The second-order valence-corrected chi connectivity index (χ2v) is 15.2. The van der Waals surface area contributed by atoms with E-state index in [9.17, 15) is 14.4 Å². The molecule has 1 saturated heterocycles. The van der Waals surface area contributed by atoms with E-state index in [1.165, 1.54) is 0 Å². The normalized spacial score (nSPS) is 20.4. The molecule has 2 aliphatic heterocycles. The van der Waals surface area contributed by atoms with Gasteiger partial charge in [0.1, 0.15) is 12.5 Å². The molecule has 0 spiro atoms. The number of H-pyrrole nitrogens is 1. The molecule has 33 heavy (non-hydrogen) atoms. The number of benzene rings is 1. The number of amides is 4. The summed E-state index contributed by atoms with van der Waals surface area (Å²) in [6, 6.07) is 7.30. The average Bonchev–Trinajstić information content (AvgIpc) is 3.46. The van der Waals surface area contributed by atoms with Gasteiger partial charge in [0.15, 0.2) is 5.54 Å². The molecule has 1 fully saturated rings. The van der Waals surface area contributed by atoms with Crippen molar-refractivity contribution in [3.63, 3.8) is 0 Å². The van der Waals surface area contributed by atoms with Crippen LogP contribution in [0, 0.1) is 0 Å². The van der Waals surface area contributed by atoms with E-state index in [0.29, 0.717) is 30.2 Å². The van der Waals surface area contributed by atoms with Crippen molar-refractivity contribution in [1.82, 2.24) is 25.3 Å². The lowest BCUT2D eigenvalue weighted by Crippen LogP contribution is -2.53. The van der Waals surface area contributed by atoms with Gasteiger partial charge in [-0.15, -0.1) is 0 Å². The first kappa shape index (κ1) is 23.0. The fourth-order valence-electron chi connectivity index (χ4n) is 4.02. The summed E-state index contributed by atoms with van der Waals surface area (Å²) in [5.41, 5.74) is 0.198. The number of carbonyl (C=O) groups excluding carboxylic acids is 3. The Bertz CT molecular complexity index is 1070. The molecule has 176 valence electrons. The molecule has 1 atom stereocenters. The quantitative estimate of drug-likeness (QED) is 0.329. The zero-order valence-electron chi connectivity index (χ0n) is 19.3. The van der Waals surface area contributed by atoms with Gasteiger partial charge in [0, 0.05) is 33.0 Å². The Morgan fingerprint density at radius 1 is 1.18 bits per heavy atom. The topological polar surface area (TPSA) is 117 Å². The standard InChI is InChI=1S/C22H29N5O5Si/c1-31-16-6-5-15-12-26(19(28)17(15)11-16)13-22(18-7-8-23-25-18)20(29)27(21(30)24-22)14-32-9-10-33(2,3)4/h5-8,11H,9-10,12-14H2,1-4H3,(H,23,25)(H,24,30)/t22-/m0/s1. The van der Waals surface area contributed by atoms with Gasteiger partial charge in [-0.05, 0) is 29.8 Å². The third-order valence-electron chi connectivity index (χ3n) is 5.95. The van der Waals surface area contributed by atoms with Gasteiger partial charge in [-0.1, -0.05) is 25.7 Å². The molecule has 1 aromatic heterocycles. The number of nitrogens with zero attached hydrogens (tertiary/aromatic N) is 3. The Morgan fingerprint density at radius 2 is 1.97 bits per heavy atom. The van der Waals surface area contributed by atoms with Crippen LogP contribution in [0.2, 0.25) is 25.7 Å². The molecule has 11 heteroatoms. The number of imide groups is 1. The number of urea groups is 1. The number of aromatic amines is 1. The predicted octanol–water partition coefficient (Wildman–Crippen LogP) is 2.13. The van der Waals surface area contributed by atoms with Gasteiger partial charge in [-0.25, -0.2) is 9.69 Å². The summed E-state index contributed by atoms with van der Waals surface area (Å²) in [5.74, 6) is -0.141. The number of fused-ring (bicyclic) bond motifs is 1. The van der Waals surface area contributed by atoms with Gasteiger partial charge < -0.3 is 19.7 Å². The monoisotopic (exact) mass is 471 g/mol. The van der Waals surface area contributed by atoms with Gasteiger partial charge in [-0.3, -0.25) is 14.7 Å². The van der Waals surface area contributed by atoms with E-state index in [2.05, 4.69) is 35.2 Å². The first-order valence-electron chi connectivity index (χ1n) is 10.8. The number of rotatable bonds is 9. The molecule has 10 nitrogen and oxygen atoms in total. The third-order valence-corrected chi connectivity index (χ3v) is 7.66. The summed E-state index contributed by atoms with van der Waals surface area (Å²) in [7, 11) is 0.234. The highest BCUT2D eigenvalue weighted by molar-refractivity contribution is 6.76.